The summed E-state index contributed by atoms with van der Waals surface area (Å²) in [6.45, 7) is 1.86. The maximum atomic E-state index is 5.84. The highest BCUT2D eigenvalue weighted by atomic mass is 35.5. The van der Waals surface area contributed by atoms with Crippen molar-refractivity contribution in [2.75, 3.05) is 0 Å². The van der Waals surface area contributed by atoms with Crippen LogP contribution in [0.15, 0.2) is 30.5 Å². The summed E-state index contributed by atoms with van der Waals surface area (Å²) in [5.74, 6) is 0.572. The molecular formula is C9H8Cl2O. The van der Waals surface area contributed by atoms with E-state index in [1.807, 2.05) is 6.92 Å². The van der Waals surface area contributed by atoms with Crippen LogP contribution in [-0.2, 0) is 0 Å². The summed E-state index contributed by atoms with van der Waals surface area (Å²) in [5.41, 5.74) is 0. The highest BCUT2D eigenvalue weighted by molar-refractivity contribution is 6.42. The molecule has 1 rings (SSSR count). The van der Waals surface area contributed by atoms with E-state index in [1.165, 1.54) is 0 Å². The van der Waals surface area contributed by atoms with Crippen LogP contribution in [0.3, 0.4) is 0 Å². The summed E-state index contributed by atoms with van der Waals surface area (Å²) in [7, 11) is 0. The second-order valence-electron chi connectivity index (χ2n) is 2.14. The molecule has 3 heteroatoms. The van der Waals surface area contributed by atoms with E-state index in [9.17, 15) is 0 Å². The van der Waals surface area contributed by atoms with Gasteiger partial charge in [0.05, 0.1) is 11.3 Å². The third kappa shape index (κ3) is 2.16. The fourth-order valence-electron chi connectivity index (χ4n) is 0.716. The first-order valence-corrected chi connectivity index (χ1v) is 4.23. The minimum Gasteiger partial charge on any atom is -0.464 e. The van der Waals surface area contributed by atoms with Gasteiger partial charge in [0.2, 0.25) is 0 Å². The Morgan fingerprint density at radius 3 is 2.75 bits per heavy atom. The van der Waals surface area contributed by atoms with Crippen molar-refractivity contribution in [1.82, 2.24) is 0 Å². The van der Waals surface area contributed by atoms with Gasteiger partial charge in [-0.1, -0.05) is 35.3 Å². The Hall–Kier alpha value is -0.660. The highest BCUT2D eigenvalue weighted by Gasteiger charge is 2.02. The number of allylic oxidation sites excluding steroid dienone is 1. The van der Waals surface area contributed by atoms with Crippen molar-refractivity contribution in [3.05, 3.63) is 40.6 Å². The molecule has 0 spiro atoms. The van der Waals surface area contributed by atoms with Crippen LogP contribution in [0.5, 0.6) is 5.75 Å². The average Bonchev–Trinajstić information content (AvgIpc) is 2.08. The first-order chi connectivity index (χ1) is 5.75. The van der Waals surface area contributed by atoms with Crippen LogP contribution in [0, 0.1) is 0 Å². The number of ether oxygens (including phenoxy) is 1. The predicted octanol–water partition coefficient (Wildman–Crippen LogP) is 3.91. The van der Waals surface area contributed by atoms with E-state index in [2.05, 4.69) is 0 Å². The van der Waals surface area contributed by atoms with Crippen LogP contribution in [0.4, 0.5) is 0 Å². The zero-order chi connectivity index (χ0) is 8.97. The SMILES string of the molecule is C/C=C/Oc1cccc(Cl)c1Cl. The maximum Gasteiger partial charge on any atom is 0.146 e. The Morgan fingerprint density at radius 1 is 1.33 bits per heavy atom. The van der Waals surface area contributed by atoms with Crippen LogP contribution < -0.4 is 4.74 Å². The molecule has 0 aromatic heterocycles. The zero-order valence-corrected chi connectivity index (χ0v) is 8.06. The van der Waals surface area contributed by atoms with Gasteiger partial charge in [-0.05, 0) is 19.1 Å². The van der Waals surface area contributed by atoms with Crippen molar-refractivity contribution in [3.63, 3.8) is 0 Å². The van der Waals surface area contributed by atoms with Gasteiger partial charge in [-0.25, -0.2) is 0 Å². The average molecular weight is 203 g/mol. The van der Waals surface area contributed by atoms with Gasteiger partial charge >= 0.3 is 0 Å². The Labute approximate surface area is 81.6 Å². The van der Waals surface area contributed by atoms with Crippen molar-refractivity contribution >= 4 is 23.2 Å². The smallest absolute Gasteiger partial charge is 0.146 e. The lowest BCUT2D eigenvalue weighted by atomic mass is 10.3. The second kappa shape index (κ2) is 4.39. The molecule has 0 saturated heterocycles. The monoisotopic (exact) mass is 202 g/mol. The zero-order valence-electron chi connectivity index (χ0n) is 6.55. The minimum absolute atomic E-state index is 0.442. The standard InChI is InChI=1S/C9H8Cl2O/c1-2-6-12-8-5-3-4-7(10)9(8)11/h2-6H,1H3/b6-2+. The van der Waals surface area contributed by atoms with Gasteiger partial charge in [-0.2, -0.15) is 0 Å². The van der Waals surface area contributed by atoms with E-state index in [-0.39, 0.29) is 0 Å². The molecule has 0 atom stereocenters. The molecular weight excluding hydrogens is 195 g/mol. The lowest BCUT2D eigenvalue weighted by Gasteiger charge is -2.02. The largest absolute Gasteiger partial charge is 0.464 e. The summed E-state index contributed by atoms with van der Waals surface area (Å²) in [6, 6.07) is 5.26. The van der Waals surface area contributed by atoms with E-state index in [0.29, 0.717) is 15.8 Å². The molecule has 0 amide bonds. The number of hydrogen-bond acceptors (Lipinski definition) is 1. The van der Waals surface area contributed by atoms with Gasteiger partial charge in [-0.15, -0.1) is 0 Å². The van der Waals surface area contributed by atoms with Crippen LogP contribution in [0.2, 0.25) is 10.0 Å². The lowest BCUT2D eigenvalue weighted by Crippen LogP contribution is -1.82. The molecule has 1 nitrogen and oxygen atoms in total. The third-order valence-corrected chi connectivity index (χ3v) is 2.05. The fourth-order valence-corrected chi connectivity index (χ4v) is 1.05. The number of hydrogen-bond donors (Lipinski definition) is 0. The van der Waals surface area contributed by atoms with Gasteiger partial charge in [0.1, 0.15) is 10.8 Å². The first kappa shape index (κ1) is 9.43. The summed E-state index contributed by atoms with van der Waals surface area (Å²) >= 11 is 11.6. The van der Waals surface area contributed by atoms with Gasteiger partial charge in [0.25, 0.3) is 0 Å². The molecule has 0 N–H and O–H groups in total. The lowest BCUT2D eigenvalue weighted by molar-refractivity contribution is 0.480. The molecule has 0 heterocycles. The Bertz CT molecular complexity index is 295. The first-order valence-electron chi connectivity index (χ1n) is 3.47. The van der Waals surface area contributed by atoms with E-state index in [1.54, 1.807) is 30.5 Å². The molecule has 0 radical (unpaired) electrons. The molecule has 0 aliphatic rings. The van der Waals surface area contributed by atoms with Crippen molar-refractivity contribution < 1.29 is 4.74 Å². The molecule has 0 bridgehead atoms. The minimum atomic E-state index is 0.442. The summed E-state index contributed by atoms with van der Waals surface area (Å²) in [5, 5.41) is 0.941. The predicted molar refractivity (Wildman–Crippen MR) is 51.9 cm³/mol. The van der Waals surface area contributed by atoms with Gasteiger partial charge in [0, 0.05) is 0 Å². The number of halogens is 2. The van der Waals surface area contributed by atoms with Crippen molar-refractivity contribution in [2.45, 2.75) is 6.92 Å². The molecule has 64 valence electrons. The number of benzene rings is 1. The van der Waals surface area contributed by atoms with Gasteiger partial charge in [0.15, 0.2) is 0 Å². The molecule has 1 aromatic carbocycles. The summed E-state index contributed by atoms with van der Waals surface area (Å²) in [4.78, 5) is 0. The van der Waals surface area contributed by atoms with Gasteiger partial charge < -0.3 is 4.74 Å². The van der Waals surface area contributed by atoms with E-state index < -0.39 is 0 Å². The molecule has 12 heavy (non-hydrogen) atoms. The second-order valence-corrected chi connectivity index (χ2v) is 2.92. The van der Waals surface area contributed by atoms with E-state index in [4.69, 9.17) is 27.9 Å². The van der Waals surface area contributed by atoms with Crippen LogP contribution in [0.1, 0.15) is 6.92 Å². The molecule has 0 aliphatic heterocycles. The normalized spacial score (nSPS) is 10.6. The van der Waals surface area contributed by atoms with Crippen LogP contribution >= 0.6 is 23.2 Å². The van der Waals surface area contributed by atoms with E-state index in [0.717, 1.165) is 0 Å². The van der Waals surface area contributed by atoms with Crippen molar-refractivity contribution in [2.24, 2.45) is 0 Å². The molecule has 0 saturated carbocycles. The molecule has 0 fully saturated rings. The molecule has 1 aromatic rings. The summed E-state index contributed by atoms with van der Waals surface area (Å²) in [6.07, 6.45) is 3.33. The number of rotatable bonds is 2. The van der Waals surface area contributed by atoms with Crippen LogP contribution in [-0.4, -0.2) is 0 Å². The fraction of sp³-hybridized carbons (Fsp3) is 0.111. The van der Waals surface area contributed by atoms with E-state index >= 15 is 0 Å². The Morgan fingerprint density at radius 2 is 2.08 bits per heavy atom. The quantitative estimate of drug-likeness (QED) is 0.662. The Kier molecular flexibility index (Phi) is 3.45. The van der Waals surface area contributed by atoms with Crippen LogP contribution in [0.25, 0.3) is 0 Å². The topological polar surface area (TPSA) is 9.23 Å². The Balaban J connectivity index is 2.92. The third-order valence-electron chi connectivity index (χ3n) is 1.25. The highest BCUT2D eigenvalue weighted by Crippen LogP contribution is 2.31. The summed E-state index contributed by atoms with van der Waals surface area (Å²) < 4.78 is 5.17. The molecule has 0 unspecified atom stereocenters. The van der Waals surface area contributed by atoms with Crippen molar-refractivity contribution in [3.8, 4) is 5.75 Å². The maximum absolute atomic E-state index is 5.84. The van der Waals surface area contributed by atoms with Gasteiger partial charge in [-0.3, -0.25) is 0 Å². The molecule has 0 aliphatic carbocycles. The van der Waals surface area contributed by atoms with Crippen molar-refractivity contribution in [1.29, 1.82) is 0 Å².